The number of aromatic nitrogens is 3. The number of hydrogen-bond acceptors (Lipinski definition) is 4. The number of aliphatic hydroxyl groups is 1. The minimum atomic E-state index is -0.297. The lowest BCUT2D eigenvalue weighted by atomic mass is 10.1. The zero-order valence-corrected chi connectivity index (χ0v) is 10.4. The molecular weight excluding hydrogens is 230 g/mol. The van der Waals surface area contributed by atoms with Crippen molar-refractivity contribution in [3.8, 4) is 0 Å². The van der Waals surface area contributed by atoms with E-state index in [1.807, 2.05) is 19.1 Å². The first-order chi connectivity index (χ1) is 8.72. The van der Waals surface area contributed by atoms with Gasteiger partial charge in [0.25, 0.3) is 5.56 Å². The molecule has 0 saturated carbocycles. The SMILES string of the molecule is CCC(O)CCCn1nnc2ccccc2c1=O. The second-order valence-corrected chi connectivity index (χ2v) is 4.34. The Hall–Kier alpha value is -1.75. The van der Waals surface area contributed by atoms with Crippen molar-refractivity contribution in [2.45, 2.75) is 38.8 Å². The quantitative estimate of drug-likeness (QED) is 0.865. The van der Waals surface area contributed by atoms with E-state index in [1.165, 1.54) is 4.68 Å². The molecule has 0 amide bonds. The topological polar surface area (TPSA) is 68.0 Å². The van der Waals surface area contributed by atoms with Crippen LogP contribution in [0, 0.1) is 0 Å². The Balaban J connectivity index is 2.14. The second-order valence-electron chi connectivity index (χ2n) is 4.34. The predicted octanol–water partition coefficient (Wildman–Crippen LogP) is 1.34. The molecule has 0 radical (unpaired) electrons. The summed E-state index contributed by atoms with van der Waals surface area (Å²) in [6, 6.07) is 7.17. The molecule has 0 aliphatic rings. The number of aliphatic hydroxyl groups excluding tert-OH is 1. The van der Waals surface area contributed by atoms with E-state index in [0.717, 1.165) is 12.8 Å². The van der Waals surface area contributed by atoms with Crippen LogP contribution in [0.5, 0.6) is 0 Å². The molecule has 0 saturated heterocycles. The summed E-state index contributed by atoms with van der Waals surface area (Å²) in [5, 5.41) is 18.0. The highest BCUT2D eigenvalue weighted by Crippen LogP contribution is 2.05. The van der Waals surface area contributed by atoms with E-state index in [-0.39, 0.29) is 11.7 Å². The van der Waals surface area contributed by atoms with Crippen molar-refractivity contribution in [3.05, 3.63) is 34.6 Å². The van der Waals surface area contributed by atoms with Crippen LogP contribution in [0.25, 0.3) is 10.9 Å². The Morgan fingerprint density at radius 1 is 1.39 bits per heavy atom. The molecule has 0 bridgehead atoms. The zero-order valence-electron chi connectivity index (χ0n) is 10.4. The standard InChI is InChI=1S/C13H17N3O2/c1-2-10(17)6-5-9-16-13(18)11-7-3-4-8-12(11)14-15-16/h3-4,7-8,10,17H,2,5-6,9H2,1H3. The smallest absolute Gasteiger partial charge is 0.277 e. The van der Waals surface area contributed by atoms with Gasteiger partial charge in [0.15, 0.2) is 0 Å². The van der Waals surface area contributed by atoms with Gasteiger partial charge in [-0.05, 0) is 31.4 Å². The van der Waals surface area contributed by atoms with Gasteiger partial charge < -0.3 is 5.11 Å². The summed E-state index contributed by atoms with van der Waals surface area (Å²) in [4.78, 5) is 12.1. The van der Waals surface area contributed by atoms with E-state index in [4.69, 9.17) is 0 Å². The van der Waals surface area contributed by atoms with Crippen molar-refractivity contribution < 1.29 is 5.11 Å². The lowest BCUT2D eigenvalue weighted by molar-refractivity contribution is 0.155. The summed E-state index contributed by atoms with van der Waals surface area (Å²) < 4.78 is 1.37. The molecule has 1 N–H and O–H groups in total. The largest absolute Gasteiger partial charge is 0.393 e. The van der Waals surface area contributed by atoms with Gasteiger partial charge >= 0.3 is 0 Å². The predicted molar refractivity (Wildman–Crippen MR) is 69.3 cm³/mol. The summed E-state index contributed by atoms with van der Waals surface area (Å²) in [7, 11) is 0. The van der Waals surface area contributed by atoms with Crippen molar-refractivity contribution in [1.82, 2.24) is 15.0 Å². The van der Waals surface area contributed by atoms with Crippen LogP contribution in [0.1, 0.15) is 26.2 Å². The number of hydrogen-bond donors (Lipinski definition) is 1. The van der Waals surface area contributed by atoms with E-state index in [2.05, 4.69) is 10.3 Å². The van der Waals surface area contributed by atoms with Crippen LogP contribution < -0.4 is 5.56 Å². The van der Waals surface area contributed by atoms with Crippen molar-refractivity contribution in [1.29, 1.82) is 0 Å². The van der Waals surface area contributed by atoms with Gasteiger partial charge in [0.2, 0.25) is 0 Å². The zero-order chi connectivity index (χ0) is 13.0. The minimum Gasteiger partial charge on any atom is -0.393 e. The van der Waals surface area contributed by atoms with Gasteiger partial charge in [-0.1, -0.05) is 24.3 Å². The average molecular weight is 247 g/mol. The van der Waals surface area contributed by atoms with Gasteiger partial charge in [0.05, 0.1) is 11.5 Å². The number of benzene rings is 1. The fraction of sp³-hybridized carbons (Fsp3) is 0.462. The van der Waals surface area contributed by atoms with Gasteiger partial charge in [0, 0.05) is 6.54 Å². The average Bonchev–Trinajstić information content (AvgIpc) is 2.41. The van der Waals surface area contributed by atoms with Crippen LogP contribution in [0.3, 0.4) is 0 Å². The lowest BCUT2D eigenvalue weighted by Gasteiger charge is -2.08. The van der Waals surface area contributed by atoms with Crippen LogP contribution in [-0.4, -0.2) is 26.2 Å². The van der Waals surface area contributed by atoms with Crippen LogP contribution in [-0.2, 0) is 6.54 Å². The molecule has 1 atom stereocenters. The van der Waals surface area contributed by atoms with Gasteiger partial charge in [-0.3, -0.25) is 4.79 Å². The Morgan fingerprint density at radius 2 is 2.17 bits per heavy atom. The van der Waals surface area contributed by atoms with E-state index < -0.39 is 0 Å². The van der Waals surface area contributed by atoms with Crippen molar-refractivity contribution in [3.63, 3.8) is 0 Å². The molecule has 1 aromatic heterocycles. The van der Waals surface area contributed by atoms with Gasteiger partial charge in [0.1, 0.15) is 5.52 Å². The number of rotatable bonds is 5. The number of nitrogens with zero attached hydrogens (tertiary/aromatic N) is 3. The molecule has 0 spiro atoms. The summed E-state index contributed by atoms with van der Waals surface area (Å²) in [6.07, 6.45) is 1.84. The van der Waals surface area contributed by atoms with Crippen LogP contribution in [0.2, 0.25) is 0 Å². The first-order valence-corrected chi connectivity index (χ1v) is 6.23. The van der Waals surface area contributed by atoms with Crippen molar-refractivity contribution in [2.75, 3.05) is 0 Å². The van der Waals surface area contributed by atoms with Gasteiger partial charge in [-0.2, -0.15) is 0 Å². The minimum absolute atomic E-state index is 0.119. The number of aryl methyl sites for hydroxylation is 1. The summed E-state index contributed by atoms with van der Waals surface area (Å²) in [5.74, 6) is 0. The monoisotopic (exact) mass is 247 g/mol. The molecule has 5 nitrogen and oxygen atoms in total. The van der Waals surface area contributed by atoms with Crippen LogP contribution in [0.4, 0.5) is 0 Å². The molecule has 1 heterocycles. The molecule has 2 rings (SSSR count). The van der Waals surface area contributed by atoms with Gasteiger partial charge in [-0.15, -0.1) is 5.10 Å². The molecule has 0 aliphatic heterocycles. The third kappa shape index (κ3) is 2.73. The Morgan fingerprint density at radius 3 is 2.94 bits per heavy atom. The fourth-order valence-corrected chi connectivity index (χ4v) is 1.85. The Labute approximate surface area is 105 Å². The molecule has 1 unspecified atom stereocenters. The Bertz CT molecular complexity index is 580. The van der Waals surface area contributed by atoms with Crippen molar-refractivity contribution in [2.24, 2.45) is 0 Å². The second kappa shape index (κ2) is 5.73. The lowest BCUT2D eigenvalue weighted by Crippen LogP contribution is -2.24. The normalized spacial score (nSPS) is 12.8. The van der Waals surface area contributed by atoms with E-state index in [9.17, 15) is 9.90 Å². The first kappa shape index (κ1) is 12.7. The molecule has 5 heteroatoms. The highest BCUT2D eigenvalue weighted by atomic mass is 16.3. The third-order valence-electron chi connectivity index (χ3n) is 3.01. The van der Waals surface area contributed by atoms with E-state index >= 15 is 0 Å². The van der Waals surface area contributed by atoms with E-state index in [0.29, 0.717) is 23.9 Å². The van der Waals surface area contributed by atoms with Gasteiger partial charge in [-0.25, -0.2) is 4.68 Å². The molecular formula is C13H17N3O2. The maximum Gasteiger partial charge on any atom is 0.277 e. The van der Waals surface area contributed by atoms with Crippen LogP contribution in [0.15, 0.2) is 29.1 Å². The maximum atomic E-state index is 12.1. The third-order valence-corrected chi connectivity index (χ3v) is 3.01. The maximum absolute atomic E-state index is 12.1. The van der Waals surface area contributed by atoms with Crippen molar-refractivity contribution >= 4 is 10.9 Å². The first-order valence-electron chi connectivity index (χ1n) is 6.23. The summed E-state index contributed by atoms with van der Waals surface area (Å²) in [5.41, 5.74) is 0.499. The molecule has 0 aliphatic carbocycles. The number of fused-ring (bicyclic) bond motifs is 1. The molecule has 96 valence electrons. The molecule has 2 aromatic rings. The fourth-order valence-electron chi connectivity index (χ4n) is 1.85. The molecule has 0 fully saturated rings. The summed E-state index contributed by atoms with van der Waals surface area (Å²) >= 11 is 0. The highest BCUT2D eigenvalue weighted by molar-refractivity contribution is 5.76. The molecule has 18 heavy (non-hydrogen) atoms. The highest BCUT2D eigenvalue weighted by Gasteiger charge is 2.06. The Kier molecular flexibility index (Phi) is 4.04. The van der Waals surface area contributed by atoms with Crippen LogP contribution >= 0.6 is 0 Å². The van der Waals surface area contributed by atoms with E-state index in [1.54, 1.807) is 12.1 Å². The molecule has 1 aromatic carbocycles. The summed E-state index contributed by atoms with van der Waals surface area (Å²) in [6.45, 7) is 2.43.